The number of Topliss-reactive ketones (excluding diaryl/α,β-unsaturated/α-hetero) is 1. The zero-order valence-electron chi connectivity index (χ0n) is 14.4. The third kappa shape index (κ3) is 3.18. The van der Waals surface area contributed by atoms with Crippen LogP contribution >= 0.6 is 11.8 Å². The lowest BCUT2D eigenvalue weighted by atomic mass is 9.89. The van der Waals surface area contributed by atoms with E-state index in [0.717, 1.165) is 11.1 Å². The van der Waals surface area contributed by atoms with Crippen molar-refractivity contribution in [1.29, 1.82) is 0 Å². The Morgan fingerprint density at radius 3 is 2.31 bits per heavy atom. The van der Waals surface area contributed by atoms with Gasteiger partial charge in [0.05, 0.1) is 5.56 Å². The molecule has 3 aromatic rings. The molecule has 1 heterocycles. The van der Waals surface area contributed by atoms with E-state index >= 15 is 0 Å². The number of benzene rings is 3. The van der Waals surface area contributed by atoms with Crippen molar-refractivity contribution in [1.82, 2.24) is 0 Å². The molecule has 3 heteroatoms. The normalized spacial score (nSPS) is 17.7. The molecule has 0 saturated carbocycles. The van der Waals surface area contributed by atoms with Crippen LogP contribution in [0, 0.1) is 0 Å². The average Bonchev–Trinajstić information content (AvgIpc) is 2.71. The van der Waals surface area contributed by atoms with E-state index in [9.17, 15) is 4.79 Å². The molecule has 1 aliphatic heterocycles. The zero-order chi connectivity index (χ0) is 17.9. The highest BCUT2D eigenvalue weighted by molar-refractivity contribution is 7.98. The lowest BCUT2D eigenvalue weighted by Crippen LogP contribution is -2.23. The number of fused-ring (bicyclic) bond motifs is 1. The molecule has 0 bridgehead atoms. The number of hydrogen-bond donors (Lipinski definition) is 0. The van der Waals surface area contributed by atoms with E-state index in [1.807, 2.05) is 79.1 Å². The summed E-state index contributed by atoms with van der Waals surface area (Å²) in [6.45, 7) is 0. The number of carbonyl (C=O) groups is 1. The monoisotopic (exact) mass is 358 g/mol. The predicted molar refractivity (Wildman–Crippen MR) is 107 cm³/mol. The summed E-state index contributed by atoms with van der Waals surface area (Å²) in [4.78, 5) is 14.4. The summed E-state index contributed by atoms with van der Waals surface area (Å²) >= 11 is 1.70. The van der Waals surface area contributed by atoms with Gasteiger partial charge in [-0.25, -0.2) is 0 Å². The number of para-hydroxylation sites is 1. The van der Waals surface area contributed by atoms with Gasteiger partial charge in [-0.05, 0) is 47.7 Å². The third-order valence-corrected chi connectivity index (χ3v) is 5.21. The molecule has 0 spiro atoms. The number of ether oxygens (including phenoxy) is 1. The first-order valence-corrected chi connectivity index (χ1v) is 9.70. The van der Waals surface area contributed by atoms with E-state index in [-0.39, 0.29) is 5.78 Å². The van der Waals surface area contributed by atoms with E-state index in [1.165, 1.54) is 4.90 Å². The van der Waals surface area contributed by atoms with Gasteiger partial charge in [0, 0.05) is 10.5 Å². The highest BCUT2D eigenvalue weighted by Crippen LogP contribution is 2.39. The maximum Gasteiger partial charge on any atom is 0.196 e. The Bertz CT molecular complexity index is 959. The van der Waals surface area contributed by atoms with Crippen LogP contribution in [-0.4, -0.2) is 12.0 Å². The first kappa shape index (κ1) is 16.7. The first-order valence-electron chi connectivity index (χ1n) is 8.47. The summed E-state index contributed by atoms with van der Waals surface area (Å²) in [7, 11) is 0. The molecule has 1 aliphatic rings. The molecule has 3 aromatic carbocycles. The van der Waals surface area contributed by atoms with Crippen LogP contribution in [-0.2, 0) is 0 Å². The minimum atomic E-state index is -0.404. The Hall–Kier alpha value is -2.78. The van der Waals surface area contributed by atoms with Crippen molar-refractivity contribution < 1.29 is 9.53 Å². The number of carbonyl (C=O) groups excluding carboxylic acids is 1. The molecule has 0 N–H and O–H groups in total. The molecule has 2 nitrogen and oxygen atoms in total. The summed E-state index contributed by atoms with van der Waals surface area (Å²) in [6.07, 6.45) is 3.59. The second-order valence-electron chi connectivity index (χ2n) is 6.11. The standard InChI is InChI=1S/C23H18O2S/c1-26-18-13-11-16(12-14-18)15-20-22(24)19-9-5-6-10-21(19)25-23(20)17-7-3-2-4-8-17/h2-15,23H,1H3/t23-/m1/s1. The molecule has 0 radical (unpaired) electrons. The molecule has 4 rings (SSSR count). The highest BCUT2D eigenvalue weighted by Gasteiger charge is 2.32. The molecule has 0 amide bonds. The Labute approximate surface area is 157 Å². The quantitative estimate of drug-likeness (QED) is 0.437. The number of ketones is 1. The smallest absolute Gasteiger partial charge is 0.196 e. The number of thioether (sulfide) groups is 1. The summed E-state index contributed by atoms with van der Waals surface area (Å²) in [5.74, 6) is 0.663. The van der Waals surface area contributed by atoms with Gasteiger partial charge in [-0.2, -0.15) is 0 Å². The Balaban J connectivity index is 1.82. The van der Waals surface area contributed by atoms with Gasteiger partial charge in [-0.1, -0.05) is 54.6 Å². The van der Waals surface area contributed by atoms with Gasteiger partial charge in [0.1, 0.15) is 5.75 Å². The van der Waals surface area contributed by atoms with Crippen LogP contribution in [0.4, 0.5) is 0 Å². The van der Waals surface area contributed by atoms with Crippen LogP contribution in [0.5, 0.6) is 5.75 Å². The van der Waals surface area contributed by atoms with E-state index in [2.05, 4.69) is 12.1 Å². The molecule has 0 unspecified atom stereocenters. The van der Waals surface area contributed by atoms with Crippen molar-refractivity contribution in [3.63, 3.8) is 0 Å². The molecule has 128 valence electrons. The number of hydrogen-bond acceptors (Lipinski definition) is 3. The maximum absolute atomic E-state index is 13.2. The summed E-state index contributed by atoms with van der Waals surface area (Å²) < 4.78 is 6.22. The SMILES string of the molecule is CSc1ccc(C=C2C(=O)c3ccccc3O[C@@H]2c2ccccc2)cc1. The fraction of sp³-hybridized carbons (Fsp3) is 0.0870. The van der Waals surface area contributed by atoms with Gasteiger partial charge in [0.15, 0.2) is 11.9 Å². The summed E-state index contributed by atoms with van der Waals surface area (Å²) in [5, 5.41) is 0. The van der Waals surface area contributed by atoms with Gasteiger partial charge in [-0.3, -0.25) is 4.79 Å². The summed E-state index contributed by atoms with van der Waals surface area (Å²) in [6, 6.07) is 25.5. The minimum Gasteiger partial charge on any atom is -0.480 e. The van der Waals surface area contributed by atoms with Gasteiger partial charge in [0.25, 0.3) is 0 Å². The van der Waals surface area contributed by atoms with Crippen molar-refractivity contribution in [3.05, 3.63) is 101 Å². The topological polar surface area (TPSA) is 26.3 Å². The minimum absolute atomic E-state index is 0.0228. The van der Waals surface area contributed by atoms with Gasteiger partial charge in [0.2, 0.25) is 0 Å². The van der Waals surface area contributed by atoms with Crippen molar-refractivity contribution in [2.45, 2.75) is 11.0 Å². The maximum atomic E-state index is 13.2. The van der Waals surface area contributed by atoms with Gasteiger partial charge >= 0.3 is 0 Å². The van der Waals surface area contributed by atoms with Gasteiger partial charge in [-0.15, -0.1) is 11.8 Å². The van der Waals surface area contributed by atoms with Gasteiger partial charge < -0.3 is 4.74 Å². The van der Waals surface area contributed by atoms with Crippen LogP contribution in [0.2, 0.25) is 0 Å². The van der Waals surface area contributed by atoms with Crippen LogP contribution in [0.3, 0.4) is 0 Å². The lowest BCUT2D eigenvalue weighted by Gasteiger charge is -2.28. The van der Waals surface area contributed by atoms with Crippen LogP contribution in [0.25, 0.3) is 6.08 Å². The van der Waals surface area contributed by atoms with Crippen LogP contribution in [0.1, 0.15) is 27.6 Å². The van der Waals surface area contributed by atoms with E-state index in [4.69, 9.17) is 4.74 Å². The Kier molecular flexibility index (Phi) is 4.63. The van der Waals surface area contributed by atoms with E-state index < -0.39 is 6.10 Å². The largest absolute Gasteiger partial charge is 0.480 e. The average molecular weight is 358 g/mol. The van der Waals surface area contributed by atoms with Crippen molar-refractivity contribution in [2.75, 3.05) is 6.26 Å². The second-order valence-corrected chi connectivity index (χ2v) is 6.99. The van der Waals surface area contributed by atoms with Crippen LogP contribution in [0.15, 0.2) is 89.3 Å². The van der Waals surface area contributed by atoms with Crippen LogP contribution < -0.4 is 4.74 Å². The molecule has 0 saturated heterocycles. The second kappa shape index (κ2) is 7.22. The number of rotatable bonds is 3. The lowest BCUT2D eigenvalue weighted by molar-refractivity contribution is 0.0963. The molecule has 0 aliphatic carbocycles. The molecular weight excluding hydrogens is 340 g/mol. The predicted octanol–water partition coefficient (Wildman–Crippen LogP) is 5.81. The molecule has 1 atom stereocenters. The third-order valence-electron chi connectivity index (χ3n) is 4.46. The molecule has 0 fully saturated rings. The fourth-order valence-corrected chi connectivity index (χ4v) is 3.53. The van der Waals surface area contributed by atoms with Crippen molar-refractivity contribution >= 4 is 23.6 Å². The van der Waals surface area contributed by atoms with Crippen molar-refractivity contribution in [2.24, 2.45) is 0 Å². The first-order chi connectivity index (χ1) is 12.8. The zero-order valence-corrected chi connectivity index (χ0v) is 15.2. The highest BCUT2D eigenvalue weighted by atomic mass is 32.2. The van der Waals surface area contributed by atoms with E-state index in [1.54, 1.807) is 11.8 Å². The molecule has 26 heavy (non-hydrogen) atoms. The Morgan fingerprint density at radius 1 is 0.885 bits per heavy atom. The summed E-state index contributed by atoms with van der Waals surface area (Å²) in [5.41, 5.74) is 3.25. The van der Waals surface area contributed by atoms with Crippen molar-refractivity contribution in [3.8, 4) is 5.75 Å². The molecular formula is C23H18O2S. The fourth-order valence-electron chi connectivity index (χ4n) is 3.12. The van der Waals surface area contributed by atoms with E-state index in [0.29, 0.717) is 16.9 Å². The molecule has 0 aromatic heterocycles. The Morgan fingerprint density at radius 2 is 1.58 bits per heavy atom.